The second-order valence-electron chi connectivity index (χ2n) is 3.85. The molecule has 0 atom stereocenters. The zero-order valence-corrected chi connectivity index (χ0v) is 10.8. The third kappa shape index (κ3) is 5.53. The van der Waals surface area contributed by atoms with Gasteiger partial charge in [0.05, 0.1) is 5.69 Å². The van der Waals surface area contributed by atoms with Crippen LogP contribution in [0, 0.1) is 0 Å². The van der Waals surface area contributed by atoms with E-state index in [2.05, 4.69) is 15.3 Å². The van der Waals surface area contributed by atoms with Gasteiger partial charge in [0.25, 0.3) is 0 Å². The van der Waals surface area contributed by atoms with Crippen molar-refractivity contribution in [1.29, 1.82) is 0 Å². The number of amides is 1. The first-order chi connectivity index (χ1) is 9.01. The SMILES string of the molecule is CNC(=O)CCc1ccc(N=C(N)N=C(N)N)cc1. The highest BCUT2D eigenvalue weighted by Gasteiger charge is 2.00. The summed E-state index contributed by atoms with van der Waals surface area (Å²) < 4.78 is 0. The molecule has 1 rings (SSSR count). The number of benzene rings is 1. The van der Waals surface area contributed by atoms with E-state index in [1.165, 1.54) is 0 Å². The van der Waals surface area contributed by atoms with Crippen LogP contribution in [0.15, 0.2) is 34.3 Å². The molecule has 7 heteroatoms. The Morgan fingerprint density at radius 1 is 1.21 bits per heavy atom. The van der Waals surface area contributed by atoms with Gasteiger partial charge in [-0.25, -0.2) is 4.99 Å². The summed E-state index contributed by atoms with van der Waals surface area (Å²) in [4.78, 5) is 18.7. The van der Waals surface area contributed by atoms with E-state index in [1.54, 1.807) is 19.2 Å². The number of hydrogen-bond donors (Lipinski definition) is 4. The van der Waals surface area contributed by atoms with Gasteiger partial charge in [0.2, 0.25) is 11.9 Å². The predicted molar refractivity (Wildman–Crippen MR) is 75.9 cm³/mol. The summed E-state index contributed by atoms with van der Waals surface area (Å²) in [6.07, 6.45) is 1.13. The van der Waals surface area contributed by atoms with Crippen LogP contribution in [-0.2, 0) is 11.2 Å². The van der Waals surface area contributed by atoms with E-state index in [1.807, 2.05) is 12.1 Å². The van der Waals surface area contributed by atoms with Crippen LogP contribution in [0.4, 0.5) is 5.69 Å². The van der Waals surface area contributed by atoms with Gasteiger partial charge in [0.1, 0.15) is 0 Å². The number of aryl methyl sites for hydroxylation is 1. The number of hydrogen-bond acceptors (Lipinski definition) is 2. The monoisotopic (exact) mass is 262 g/mol. The molecule has 1 aromatic carbocycles. The van der Waals surface area contributed by atoms with Crippen LogP contribution in [0.1, 0.15) is 12.0 Å². The molecular formula is C12H18N6O. The van der Waals surface area contributed by atoms with Gasteiger partial charge < -0.3 is 22.5 Å². The maximum absolute atomic E-state index is 11.1. The number of aliphatic imine (C=N–C) groups is 2. The Bertz CT molecular complexity index is 487. The summed E-state index contributed by atoms with van der Waals surface area (Å²) in [6, 6.07) is 7.33. The molecule has 0 saturated heterocycles. The van der Waals surface area contributed by atoms with Gasteiger partial charge in [-0.2, -0.15) is 4.99 Å². The Hall–Kier alpha value is -2.57. The molecule has 0 bridgehead atoms. The van der Waals surface area contributed by atoms with Gasteiger partial charge in [0.15, 0.2) is 5.96 Å². The zero-order chi connectivity index (χ0) is 14.3. The Balaban J connectivity index is 2.66. The maximum atomic E-state index is 11.1. The van der Waals surface area contributed by atoms with Crippen molar-refractivity contribution in [2.75, 3.05) is 7.05 Å². The van der Waals surface area contributed by atoms with Crippen molar-refractivity contribution in [3.05, 3.63) is 29.8 Å². The molecule has 0 saturated carbocycles. The lowest BCUT2D eigenvalue weighted by atomic mass is 10.1. The van der Waals surface area contributed by atoms with Crippen molar-refractivity contribution in [3.8, 4) is 0 Å². The lowest BCUT2D eigenvalue weighted by Gasteiger charge is -2.02. The molecule has 0 unspecified atom stereocenters. The maximum Gasteiger partial charge on any atom is 0.223 e. The molecule has 102 valence electrons. The number of carbonyl (C=O) groups is 1. The molecule has 0 aliphatic carbocycles. The normalized spacial score (nSPS) is 10.9. The Labute approximate surface area is 111 Å². The van der Waals surface area contributed by atoms with Crippen LogP contribution in [-0.4, -0.2) is 24.9 Å². The molecule has 0 aliphatic heterocycles. The molecule has 0 spiro atoms. The molecule has 0 aliphatic rings. The fraction of sp³-hybridized carbons (Fsp3) is 0.250. The number of nitrogens with one attached hydrogen (secondary N) is 1. The highest BCUT2D eigenvalue weighted by Crippen LogP contribution is 2.14. The third-order valence-electron chi connectivity index (χ3n) is 2.34. The van der Waals surface area contributed by atoms with E-state index in [0.29, 0.717) is 18.5 Å². The van der Waals surface area contributed by atoms with Crippen molar-refractivity contribution in [1.82, 2.24) is 5.32 Å². The van der Waals surface area contributed by atoms with Crippen LogP contribution in [0.3, 0.4) is 0 Å². The van der Waals surface area contributed by atoms with E-state index in [4.69, 9.17) is 17.2 Å². The van der Waals surface area contributed by atoms with Crippen LogP contribution < -0.4 is 22.5 Å². The Morgan fingerprint density at radius 3 is 2.37 bits per heavy atom. The van der Waals surface area contributed by atoms with Crippen LogP contribution in [0.5, 0.6) is 0 Å². The minimum Gasteiger partial charge on any atom is -0.370 e. The summed E-state index contributed by atoms with van der Waals surface area (Å²) in [7, 11) is 1.62. The summed E-state index contributed by atoms with van der Waals surface area (Å²) in [5.74, 6) is -0.124. The molecule has 1 aromatic rings. The Morgan fingerprint density at radius 2 is 1.84 bits per heavy atom. The Kier molecular flexibility index (Phi) is 5.34. The molecule has 0 heterocycles. The molecule has 0 fully saturated rings. The minimum absolute atomic E-state index is 0.00175. The minimum atomic E-state index is -0.136. The van der Waals surface area contributed by atoms with Gasteiger partial charge in [-0.05, 0) is 24.1 Å². The second kappa shape index (κ2) is 7.00. The average Bonchev–Trinajstić information content (AvgIpc) is 2.36. The average molecular weight is 262 g/mol. The highest BCUT2D eigenvalue weighted by molar-refractivity contribution is 5.93. The number of rotatable bonds is 4. The molecule has 0 radical (unpaired) electrons. The number of nitrogens with zero attached hydrogens (tertiary/aromatic N) is 2. The van der Waals surface area contributed by atoms with Crippen molar-refractivity contribution in [2.45, 2.75) is 12.8 Å². The van der Waals surface area contributed by atoms with E-state index >= 15 is 0 Å². The fourth-order valence-electron chi connectivity index (χ4n) is 1.41. The predicted octanol–water partition coefficient (Wildman–Crippen LogP) is -0.415. The topological polar surface area (TPSA) is 132 Å². The molecule has 7 nitrogen and oxygen atoms in total. The summed E-state index contributed by atoms with van der Waals surface area (Å²) in [5, 5.41) is 2.58. The first-order valence-corrected chi connectivity index (χ1v) is 5.74. The molecular weight excluding hydrogens is 244 g/mol. The second-order valence-corrected chi connectivity index (χ2v) is 3.85. The van der Waals surface area contributed by atoms with Crippen LogP contribution in [0.2, 0.25) is 0 Å². The standard InChI is InChI=1S/C12H18N6O/c1-16-10(19)7-4-8-2-5-9(6-3-8)17-12(15)18-11(13)14/h2-3,5-6H,4,7H2,1H3,(H,16,19)(H6,13,14,15,17,18). The summed E-state index contributed by atoms with van der Waals surface area (Å²) in [6.45, 7) is 0. The zero-order valence-electron chi connectivity index (χ0n) is 10.8. The van der Waals surface area contributed by atoms with Crippen molar-refractivity contribution < 1.29 is 4.79 Å². The molecule has 1 amide bonds. The van der Waals surface area contributed by atoms with E-state index in [9.17, 15) is 4.79 Å². The number of carbonyl (C=O) groups excluding carboxylic acids is 1. The fourth-order valence-corrected chi connectivity index (χ4v) is 1.41. The van der Waals surface area contributed by atoms with E-state index < -0.39 is 0 Å². The van der Waals surface area contributed by atoms with Crippen LogP contribution in [0.25, 0.3) is 0 Å². The largest absolute Gasteiger partial charge is 0.370 e. The molecule has 7 N–H and O–H groups in total. The van der Waals surface area contributed by atoms with Gasteiger partial charge in [0, 0.05) is 13.5 Å². The van der Waals surface area contributed by atoms with Crippen molar-refractivity contribution >= 4 is 23.5 Å². The van der Waals surface area contributed by atoms with Gasteiger partial charge in [-0.15, -0.1) is 0 Å². The van der Waals surface area contributed by atoms with Gasteiger partial charge in [-0.1, -0.05) is 12.1 Å². The lowest BCUT2D eigenvalue weighted by molar-refractivity contribution is -0.120. The smallest absolute Gasteiger partial charge is 0.223 e. The van der Waals surface area contributed by atoms with Gasteiger partial charge >= 0.3 is 0 Å². The first-order valence-electron chi connectivity index (χ1n) is 5.74. The van der Waals surface area contributed by atoms with Crippen LogP contribution >= 0.6 is 0 Å². The lowest BCUT2D eigenvalue weighted by Crippen LogP contribution is -2.26. The van der Waals surface area contributed by atoms with E-state index in [0.717, 1.165) is 5.56 Å². The molecule has 0 aromatic heterocycles. The number of nitrogens with two attached hydrogens (primary N) is 3. The third-order valence-corrected chi connectivity index (χ3v) is 2.34. The first kappa shape index (κ1) is 14.5. The van der Waals surface area contributed by atoms with Crippen molar-refractivity contribution in [3.63, 3.8) is 0 Å². The quantitative estimate of drug-likeness (QED) is 0.433. The molecule has 19 heavy (non-hydrogen) atoms. The van der Waals surface area contributed by atoms with Crippen molar-refractivity contribution in [2.24, 2.45) is 27.2 Å². The highest BCUT2D eigenvalue weighted by atomic mass is 16.1. The van der Waals surface area contributed by atoms with E-state index in [-0.39, 0.29) is 17.8 Å². The summed E-state index contributed by atoms with van der Waals surface area (Å²) >= 11 is 0. The number of guanidine groups is 2. The summed E-state index contributed by atoms with van der Waals surface area (Å²) in [5.41, 5.74) is 17.6. The van der Waals surface area contributed by atoms with Gasteiger partial charge in [-0.3, -0.25) is 4.79 Å².